The molecule has 1 atom stereocenters. The standard InChI is InChI=1S/C22H25N3O5/c1-3-30-19-7-5-4-6-17(19)24-20(26)14-18-21(27)23-12-13-25(18)22(28)15-8-10-16(29-2)11-9-15/h4-11,18H,3,12-14H2,1-2H3,(H,23,27)(H,24,26)/t18-/m1/s1. The number of hydrogen-bond donors (Lipinski definition) is 2. The molecule has 0 aromatic heterocycles. The molecule has 1 saturated heterocycles. The van der Waals surface area contributed by atoms with E-state index in [4.69, 9.17) is 9.47 Å². The number of anilines is 1. The normalized spacial score (nSPS) is 15.9. The van der Waals surface area contributed by atoms with Crippen molar-refractivity contribution >= 4 is 23.4 Å². The molecule has 3 amide bonds. The third-order valence-corrected chi connectivity index (χ3v) is 4.77. The second-order valence-electron chi connectivity index (χ2n) is 6.72. The predicted octanol–water partition coefficient (Wildman–Crippen LogP) is 2.06. The lowest BCUT2D eigenvalue weighted by molar-refractivity contribution is -0.131. The minimum Gasteiger partial charge on any atom is -0.497 e. The molecule has 8 heteroatoms. The van der Waals surface area contributed by atoms with Gasteiger partial charge in [-0.15, -0.1) is 0 Å². The summed E-state index contributed by atoms with van der Waals surface area (Å²) in [6, 6.07) is 12.8. The van der Waals surface area contributed by atoms with Crippen molar-refractivity contribution in [3.63, 3.8) is 0 Å². The number of ether oxygens (including phenoxy) is 2. The zero-order valence-electron chi connectivity index (χ0n) is 17.0. The zero-order chi connectivity index (χ0) is 21.5. The molecule has 3 rings (SSSR count). The minimum atomic E-state index is -0.896. The van der Waals surface area contributed by atoms with Crippen LogP contribution in [0.5, 0.6) is 11.5 Å². The van der Waals surface area contributed by atoms with Gasteiger partial charge >= 0.3 is 0 Å². The van der Waals surface area contributed by atoms with Gasteiger partial charge in [0.15, 0.2) is 0 Å². The number of amides is 3. The van der Waals surface area contributed by atoms with Crippen LogP contribution in [0.2, 0.25) is 0 Å². The molecule has 1 heterocycles. The highest BCUT2D eigenvalue weighted by Crippen LogP contribution is 2.24. The van der Waals surface area contributed by atoms with Crippen molar-refractivity contribution in [2.45, 2.75) is 19.4 Å². The monoisotopic (exact) mass is 411 g/mol. The van der Waals surface area contributed by atoms with Crippen molar-refractivity contribution in [2.75, 3.05) is 32.1 Å². The fraction of sp³-hybridized carbons (Fsp3) is 0.318. The Hall–Kier alpha value is -3.55. The largest absolute Gasteiger partial charge is 0.497 e. The lowest BCUT2D eigenvalue weighted by Crippen LogP contribution is -2.58. The van der Waals surface area contributed by atoms with E-state index in [2.05, 4.69) is 10.6 Å². The van der Waals surface area contributed by atoms with Crippen molar-refractivity contribution < 1.29 is 23.9 Å². The maximum atomic E-state index is 13.0. The maximum absolute atomic E-state index is 13.0. The summed E-state index contributed by atoms with van der Waals surface area (Å²) in [5.41, 5.74) is 0.950. The number of rotatable bonds is 7. The molecule has 0 radical (unpaired) electrons. The first-order valence-corrected chi connectivity index (χ1v) is 9.78. The molecular weight excluding hydrogens is 386 g/mol. The molecule has 2 aromatic rings. The molecule has 0 unspecified atom stereocenters. The van der Waals surface area contributed by atoms with Crippen molar-refractivity contribution in [1.82, 2.24) is 10.2 Å². The van der Waals surface area contributed by atoms with Gasteiger partial charge in [0.1, 0.15) is 17.5 Å². The molecule has 0 spiro atoms. The molecule has 0 saturated carbocycles. The third-order valence-electron chi connectivity index (χ3n) is 4.77. The number of benzene rings is 2. The number of methoxy groups -OCH3 is 1. The summed E-state index contributed by atoms with van der Waals surface area (Å²) in [4.78, 5) is 39.6. The van der Waals surface area contributed by atoms with Gasteiger partial charge in [0.05, 0.1) is 25.8 Å². The number of para-hydroxylation sites is 2. The lowest BCUT2D eigenvalue weighted by atomic mass is 10.1. The van der Waals surface area contributed by atoms with Crippen LogP contribution in [-0.4, -0.2) is 55.5 Å². The van der Waals surface area contributed by atoms with E-state index < -0.39 is 6.04 Å². The van der Waals surface area contributed by atoms with Crippen LogP contribution in [0.25, 0.3) is 0 Å². The predicted molar refractivity (Wildman–Crippen MR) is 112 cm³/mol. The molecule has 158 valence electrons. The number of carbonyl (C=O) groups is 3. The zero-order valence-corrected chi connectivity index (χ0v) is 17.0. The van der Waals surface area contributed by atoms with Gasteiger partial charge < -0.3 is 25.0 Å². The smallest absolute Gasteiger partial charge is 0.254 e. The van der Waals surface area contributed by atoms with Crippen LogP contribution in [0.3, 0.4) is 0 Å². The van der Waals surface area contributed by atoms with Crippen LogP contribution in [-0.2, 0) is 9.59 Å². The average Bonchev–Trinajstić information content (AvgIpc) is 2.76. The van der Waals surface area contributed by atoms with E-state index in [0.29, 0.717) is 42.4 Å². The SMILES string of the molecule is CCOc1ccccc1NC(=O)C[C@@H]1C(=O)NCCN1C(=O)c1ccc(OC)cc1. The number of carbonyl (C=O) groups excluding carboxylic acids is 3. The summed E-state index contributed by atoms with van der Waals surface area (Å²) in [7, 11) is 1.55. The minimum absolute atomic E-state index is 0.159. The number of hydrogen-bond acceptors (Lipinski definition) is 5. The molecule has 2 aromatic carbocycles. The Labute approximate surface area is 175 Å². The summed E-state index contributed by atoms with van der Waals surface area (Å²) >= 11 is 0. The van der Waals surface area contributed by atoms with Crippen LogP contribution in [0.15, 0.2) is 48.5 Å². The van der Waals surface area contributed by atoms with Gasteiger partial charge in [0.2, 0.25) is 11.8 Å². The van der Waals surface area contributed by atoms with Crippen molar-refractivity contribution in [2.24, 2.45) is 0 Å². The Morgan fingerprint density at radius 3 is 2.60 bits per heavy atom. The van der Waals surface area contributed by atoms with E-state index in [1.807, 2.05) is 13.0 Å². The first-order valence-electron chi connectivity index (χ1n) is 9.78. The number of nitrogens with zero attached hydrogens (tertiary/aromatic N) is 1. The topological polar surface area (TPSA) is 97.0 Å². The Balaban J connectivity index is 1.73. The van der Waals surface area contributed by atoms with Gasteiger partial charge in [-0.2, -0.15) is 0 Å². The highest BCUT2D eigenvalue weighted by molar-refractivity contribution is 6.01. The highest BCUT2D eigenvalue weighted by Gasteiger charge is 2.35. The van der Waals surface area contributed by atoms with Crippen molar-refractivity contribution in [3.8, 4) is 11.5 Å². The quantitative estimate of drug-likeness (QED) is 0.727. The molecule has 0 aliphatic carbocycles. The average molecular weight is 411 g/mol. The lowest BCUT2D eigenvalue weighted by Gasteiger charge is -2.34. The molecule has 30 heavy (non-hydrogen) atoms. The summed E-state index contributed by atoms with van der Waals surface area (Å²) in [5.74, 6) is 0.146. The van der Waals surface area contributed by atoms with E-state index in [9.17, 15) is 14.4 Å². The van der Waals surface area contributed by atoms with E-state index in [1.165, 1.54) is 4.90 Å². The van der Waals surface area contributed by atoms with E-state index in [1.54, 1.807) is 49.6 Å². The van der Waals surface area contributed by atoms with E-state index >= 15 is 0 Å². The van der Waals surface area contributed by atoms with Crippen LogP contribution >= 0.6 is 0 Å². The summed E-state index contributed by atoms with van der Waals surface area (Å²) < 4.78 is 10.6. The maximum Gasteiger partial charge on any atom is 0.254 e. The van der Waals surface area contributed by atoms with Gasteiger partial charge in [-0.1, -0.05) is 12.1 Å². The van der Waals surface area contributed by atoms with Crippen molar-refractivity contribution in [1.29, 1.82) is 0 Å². The van der Waals surface area contributed by atoms with E-state index in [0.717, 1.165) is 0 Å². The van der Waals surface area contributed by atoms with E-state index in [-0.39, 0.29) is 24.1 Å². The number of piperazine rings is 1. The Morgan fingerprint density at radius 1 is 1.17 bits per heavy atom. The second-order valence-corrected chi connectivity index (χ2v) is 6.72. The molecule has 1 aliphatic rings. The van der Waals surface area contributed by atoms with Gasteiger partial charge in [-0.3, -0.25) is 14.4 Å². The summed E-state index contributed by atoms with van der Waals surface area (Å²) in [5, 5.41) is 5.51. The van der Waals surface area contributed by atoms with Gasteiger partial charge in [0.25, 0.3) is 5.91 Å². The van der Waals surface area contributed by atoms with Gasteiger partial charge in [-0.25, -0.2) is 0 Å². The highest BCUT2D eigenvalue weighted by atomic mass is 16.5. The summed E-state index contributed by atoms with van der Waals surface area (Å²) in [6.45, 7) is 2.98. The first-order chi connectivity index (χ1) is 14.5. The molecule has 2 N–H and O–H groups in total. The van der Waals surface area contributed by atoms with Gasteiger partial charge in [-0.05, 0) is 43.3 Å². The van der Waals surface area contributed by atoms with Crippen molar-refractivity contribution in [3.05, 3.63) is 54.1 Å². The van der Waals surface area contributed by atoms with Crippen LogP contribution in [0.1, 0.15) is 23.7 Å². The molecular formula is C22H25N3O5. The Kier molecular flexibility index (Phi) is 6.90. The summed E-state index contributed by atoms with van der Waals surface area (Å²) in [6.07, 6.45) is -0.159. The van der Waals surface area contributed by atoms with Crippen LogP contribution in [0, 0.1) is 0 Å². The van der Waals surface area contributed by atoms with Gasteiger partial charge in [0, 0.05) is 18.7 Å². The molecule has 8 nitrogen and oxygen atoms in total. The first kappa shape index (κ1) is 21.2. The Morgan fingerprint density at radius 2 is 1.90 bits per heavy atom. The Bertz CT molecular complexity index is 913. The van der Waals surface area contributed by atoms with Crippen LogP contribution < -0.4 is 20.1 Å². The number of nitrogens with one attached hydrogen (secondary N) is 2. The molecule has 1 fully saturated rings. The fourth-order valence-corrected chi connectivity index (χ4v) is 3.29. The molecule has 1 aliphatic heterocycles. The molecule has 0 bridgehead atoms. The second kappa shape index (κ2) is 9.78. The third kappa shape index (κ3) is 4.89. The fourth-order valence-electron chi connectivity index (χ4n) is 3.29. The van der Waals surface area contributed by atoms with Crippen LogP contribution in [0.4, 0.5) is 5.69 Å².